The van der Waals surface area contributed by atoms with Crippen LogP contribution in [0.25, 0.3) is 0 Å². The Bertz CT molecular complexity index is 73.5. The van der Waals surface area contributed by atoms with Gasteiger partial charge in [0.15, 0.2) is 0 Å². The maximum absolute atomic E-state index is 9.47. The molecule has 11 heavy (non-hydrogen) atoms. The zero-order valence-corrected chi connectivity index (χ0v) is 11.6. The summed E-state index contributed by atoms with van der Waals surface area (Å²) in [6, 6.07) is 0. The van der Waals surface area contributed by atoms with E-state index in [-0.39, 0.29) is 19.5 Å². The third-order valence-corrected chi connectivity index (χ3v) is 0.513. The van der Waals surface area contributed by atoms with Gasteiger partial charge in [0, 0.05) is 0 Å². The van der Waals surface area contributed by atoms with Gasteiger partial charge in [-0.15, -0.1) is 0 Å². The fourth-order valence-electron chi connectivity index (χ4n) is 0. The topological polar surface area (TPSA) is 40.5 Å². The van der Waals surface area contributed by atoms with E-state index in [0.717, 1.165) is 0 Å². The second-order valence-electron chi connectivity index (χ2n) is 0.572. The molecule has 0 saturated carbocycles. The van der Waals surface area contributed by atoms with Crippen molar-refractivity contribution in [2.24, 2.45) is 0 Å². The van der Waals surface area contributed by atoms with Crippen molar-refractivity contribution in [1.82, 2.24) is 3.71 Å². The molecule has 0 aromatic carbocycles. The van der Waals surface area contributed by atoms with Gasteiger partial charge in [-0.2, -0.15) is 17.6 Å². The van der Waals surface area contributed by atoms with Crippen LogP contribution in [-0.4, -0.2) is 14.9 Å². The van der Waals surface area contributed by atoms with Crippen molar-refractivity contribution in [2.75, 3.05) is 0 Å². The Kier molecular flexibility index (Phi) is 46.0. The molecule has 64 valence electrons. The smallest absolute Gasteiger partial charge is 0.464 e. The Morgan fingerprint density at radius 1 is 1.27 bits per heavy atom. The van der Waals surface area contributed by atoms with E-state index in [1.807, 2.05) is 0 Å². The van der Waals surface area contributed by atoms with Gasteiger partial charge in [0.1, 0.15) is 0 Å². The van der Waals surface area contributed by atoms with Crippen LogP contribution >= 0.6 is 25.6 Å². The molecule has 1 N–H and O–H groups in total. The number of hydrogen-bond acceptors (Lipinski definition) is 3. The minimum atomic E-state index is -1.18. The zero-order valence-electron chi connectivity index (χ0n) is 6.82. The van der Waals surface area contributed by atoms with Crippen molar-refractivity contribution in [3.8, 4) is 0 Å². The number of carboxylic acid groups (broad SMARTS) is 1. The molecule has 0 aromatic rings. The Hall–Kier alpha value is 0.593. The molecule has 6 heteroatoms. The van der Waals surface area contributed by atoms with Gasteiger partial charge in [-0.1, -0.05) is 0 Å². The molecule has 0 rings (SSSR count). The molecule has 0 aliphatic rings. The van der Waals surface area contributed by atoms with Crippen molar-refractivity contribution >= 4 is 31.7 Å². The van der Waals surface area contributed by atoms with Crippen LogP contribution in [0.4, 0.5) is 4.79 Å². The van der Waals surface area contributed by atoms with Gasteiger partial charge < -0.3 is 19.0 Å². The van der Waals surface area contributed by atoms with Crippen molar-refractivity contribution in [1.29, 1.82) is 0 Å². The molecule has 1 amide bonds. The van der Waals surface area contributed by atoms with Gasteiger partial charge in [-0.25, -0.2) is 4.79 Å². The summed E-state index contributed by atoms with van der Waals surface area (Å²) in [4.78, 5) is 9.47. The van der Waals surface area contributed by atoms with E-state index in [2.05, 4.69) is 39.5 Å². The molecular weight excluding hydrogens is 236 g/mol. The van der Waals surface area contributed by atoms with E-state index in [9.17, 15) is 4.79 Å². The summed E-state index contributed by atoms with van der Waals surface area (Å²) in [5.41, 5.74) is 0. The quantitative estimate of drug-likeness (QED) is 0.350. The average molecular weight is 249 g/mol. The van der Waals surface area contributed by atoms with Gasteiger partial charge in [0.05, 0.1) is 0 Å². The van der Waals surface area contributed by atoms with Gasteiger partial charge in [0.25, 0.3) is 0 Å². The first-order valence-corrected chi connectivity index (χ1v) is 3.27. The SMILES string of the molecule is O=C(O)N(S)S.[CH2-]C.[CH2-]C.[Zn+2]. The molecule has 0 heterocycles. The maximum atomic E-state index is 9.47. The summed E-state index contributed by atoms with van der Waals surface area (Å²) in [6.07, 6.45) is -1.18. The summed E-state index contributed by atoms with van der Waals surface area (Å²) in [5.74, 6) is 0. The van der Waals surface area contributed by atoms with E-state index in [1.165, 1.54) is 0 Å². The number of thiol groups is 2. The maximum Gasteiger partial charge on any atom is 2.00 e. The van der Waals surface area contributed by atoms with E-state index < -0.39 is 6.09 Å². The van der Waals surface area contributed by atoms with E-state index >= 15 is 0 Å². The second-order valence-corrected chi connectivity index (χ2v) is 1.69. The first-order chi connectivity index (χ1) is 4.64. The number of carbonyl (C=O) groups is 1. The average Bonchev–Trinajstić information content (AvgIpc) is 1.96. The number of rotatable bonds is 0. The Labute approximate surface area is 92.4 Å². The summed E-state index contributed by atoms with van der Waals surface area (Å²) in [6.45, 7) is 10.0. The molecule has 0 bridgehead atoms. The number of amides is 1. The molecular formula is C5H13NO2S2Zn. The minimum Gasteiger partial charge on any atom is -0.464 e. The summed E-state index contributed by atoms with van der Waals surface area (Å²) < 4.78 is 0.472. The van der Waals surface area contributed by atoms with Crippen LogP contribution in [0.1, 0.15) is 13.8 Å². The second kappa shape index (κ2) is 22.4. The van der Waals surface area contributed by atoms with Gasteiger partial charge >= 0.3 is 25.6 Å². The predicted molar refractivity (Wildman–Crippen MR) is 49.9 cm³/mol. The minimum absolute atomic E-state index is 0. The van der Waals surface area contributed by atoms with Crippen LogP contribution in [0, 0.1) is 13.8 Å². The number of nitrogens with zero attached hydrogens (tertiary/aromatic N) is 1. The fraction of sp³-hybridized carbons (Fsp3) is 0.400. The third kappa shape index (κ3) is 37.1. The van der Waals surface area contributed by atoms with Crippen LogP contribution in [0.5, 0.6) is 0 Å². The Morgan fingerprint density at radius 3 is 1.36 bits per heavy atom. The van der Waals surface area contributed by atoms with Crippen LogP contribution in [0.2, 0.25) is 0 Å². The van der Waals surface area contributed by atoms with Gasteiger partial charge in [-0.05, 0) is 25.6 Å². The summed E-state index contributed by atoms with van der Waals surface area (Å²) in [7, 11) is 0. The molecule has 0 aliphatic heterocycles. The summed E-state index contributed by atoms with van der Waals surface area (Å²) >= 11 is 6.58. The van der Waals surface area contributed by atoms with Crippen molar-refractivity contribution in [2.45, 2.75) is 13.8 Å². The van der Waals surface area contributed by atoms with Crippen LogP contribution in [0.15, 0.2) is 0 Å². The fourth-order valence-corrected chi connectivity index (χ4v) is 0. The standard InChI is InChI=1S/2C2H5.CH3NO2S2.Zn/c2*1-2;3-1(4)2(5)6;/h2*1H2,2H3;5-6H,(H,3,4);/q2*-1;;+2. The first-order valence-electron chi connectivity index (χ1n) is 2.47. The Morgan fingerprint density at radius 2 is 1.36 bits per heavy atom. The predicted octanol–water partition coefficient (Wildman–Crippen LogP) is 2.33. The molecule has 0 aromatic heterocycles. The van der Waals surface area contributed by atoms with Crippen molar-refractivity contribution in [3.05, 3.63) is 13.8 Å². The summed E-state index contributed by atoms with van der Waals surface area (Å²) in [5, 5.41) is 7.76. The van der Waals surface area contributed by atoms with Gasteiger partial charge in [-0.3, -0.25) is 0 Å². The van der Waals surface area contributed by atoms with Gasteiger partial charge in [0.2, 0.25) is 0 Å². The number of hydrogen-bond donors (Lipinski definition) is 3. The van der Waals surface area contributed by atoms with E-state index in [1.54, 1.807) is 13.8 Å². The molecule has 0 spiro atoms. The molecule has 0 fully saturated rings. The monoisotopic (exact) mass is 247 g/mol. The largest absolute Gasteiger partial charge is 2.00 e. The van der Waals surface area contributed by atoms with Crippen molar-refractivity contribution in [3.63, 3.8) is 0 Å². The molecule has 0 atom stereocenters. The molecule has 0 aliphatic carbocycles. The molecule has 3 nitrogen and oxygen atoms in total. The van der Waals surface area contributed by atoms with E-state index in [4.69, 9.17) is 5.11 Å². The molecule has 0 saturated heterocycles. The Balaban J connectivity index is -0.0000000428. The normalized spacial score (nSPS) is 5.27. The zero-order chi connectivity index (χ0) is 9.15. The van der Waals surface area contributed by atoms with Crippen LogP contribution in [-0.2, 0) is 19.5 Å². The van der Waals surface area contributed by atoms with E-state index in [0.29, 0.717) is 3.71 Å². The van der Waals surface area contributed by atoms with Crippen molar-refractivity contribution < 1.29 is 29.4 Å². The molecule has 0 radical (unpaired) electrons. The first kappa shape index (κ1) is 22.6. The van der Waals surface area contributed by atoms with Crippen LogP contribution < -0.4 is 0 Å². The molecule has 0 unspecified atom stereocenters. The third-order valence-electron chi connectivity index (χ3n) is 0.171. The van der Waals surface area contributed by atoms with Crippen LogP contribution in [0.3, 0.4) is 0 Å².